The van der Waals surface area contributed by atoms with Gasteiger partial charge < -0.3 is 9.15 Å². The molecule has 0 amide bonds. The highest BCUT2D eigenvalue weighted by Gasteiger charge is 2.12. The molecule has 2 heterocycles. The van der Waals surface area contributed by atoms with Crippen LogP contribution in [0.4, 0.5) is 0 Å². The van der Waals surface area contributed by atoms with E-state index in [0.717, 1.165) is 4.88 Å². The molecule has 4 heteroatoms. The van der Waals surface area contributed by atoms with Crippen LogP contribution in [0, 0.1) is 6.92 Å². The molecular weight excluding hydrogens is 212 g/mol. The van der Waals surface area contributed by atoms with Gasteiger partial charge in [-0.15, -0.1) is 11.3 Å². The minimum Gasteiger partial charge on any atom is -0.469 e. The number of furan rings is 1. The molecular formula is C11H10O3S. The van der Waals surface area contributed by atoms with Gasteiger partial charge in [0.05, 0.1) is 6.26 Å². The van der Waals surface area contributed by atoms with Crippen molar-refractivity contribution in [1.29, 1.82) is 0 Å². The van der Waals surface area contributed by atoms with Crippen molar-refractivity contribution < 1.29 is 13.9 Å². The average molecular weight is 222 g/mol. The maximum absolute atomic E-state index is 11.5. The Labute approximate surface area is 91.3 Å². The van der Waals surface area contributed by atoms with Gasteiger partial charge in [0.2, 0.25) is 0 Å². The first-order valence-corrected chi connectivity index (χ1v) is 5.39. The molecule has 0 spiro atoms. The highest BCUT2D eigenvalue weighted by molar-refractivity contribution is 7.09. The number of thiophene rings is 1. The van der Waals surface area contributed by atoms with Crippen molar-refractivity contribution in [1.82, 2.24) is 0 Å². The number of rotatable bonds is 3. The summed E-state index contributed by atoms with van der Waals surface area (Å²) in [5.74, 6) is 0.251. The third-order valence-corrected chi connectivity index (χ3v) is 2.85. The van der Waals surface area contributed by atoms with Gasteiger partial charge >= 0.3 is 5.97 Å². The van der Waals surface area contributed by atoms with E-state index in [1.807, 2.05) is 17.5 Å². The first-order valence-electron chi connectivity index (χ1n) is 4.51. The van der Waals surface area contributed by atoms with Crippen LogP contribution in [0.15, 0.2) is 34.3 Å². The van der Waals surface area contributed by atoms with Crippen LogP contribution in [0.5, 0.6) is 0 Å². The Bertz CT molecular complexity index is 442. The molecule has 0 aliphatic heterocycles. The Morgan fingerprint density at radius 1 is 1.53 bits per heavy atom. The zero-order chi connectivity index (χ0) is 10.7. The second-order valence-corrected chi connectivity index (χ2v) is 4.08. The summed E-state index contributed by atoms with van der Waals surface area (Å²) in [6.07, 6.45) is 1.48. The predicted octanol–water partition coefficient (Wildman–Crippen LogP) is 3.01. The van der Waals surface area contributed by atoms with Gasteiger partial charge in [-0.2, -0.15) is 0 Å². The van der Waals surface area contributed by atoms with Crippen LogP contribution >= 0.6 is 11.3 Å². The van der Waals surface area contributed by atoms with E-state index < -0.39 is 0 Å². The molecule has 0 fully saturated rings. The Morgan fingerprint density at radius 3 is 3.00 bits per heavy atom. The number of carbonyl (C=O) groups is 1. The Balaban J connectivity index is 1.96. The maximum atomic E-state index is 11.5. The number of ether oxygens (including phenoxy) is 1. The molecule has 0 aliphatic rings. The molecule has 0 saturated heterocycles. The summed E-state index contributed by atoms with van der Waals surface area (Å²) in [4.78, 5) is 12.6. The van der Waals surface area contributed by atoms with Gasteiger partial charge in [0.25, 0.3) is 0 Å². The van der Waals surface area contributed by atoms with Gasteiger partial charge in [0, 0.05) is 4.88 Å². The van der Waals surface area contributed by atoms with E-state index in [0.29, 0.717) is 17.9 Å². The lowest BCUT2D eigenvalue weighted by molar-refractivity contribution is 0.0475. The minimum atomic E-state index is -0.338. The van der Waals surface area contributed by atoms with E-state index in [2.05, 4.69) is 0 Å². The number of hydrogen-bond donors (Lipinski definition) is 0. The number of hydrogen-bond acceptors (Lipinski definition) is 4. The molecule has 0 atom stereocenters. The third-order valence-electron chi connectivity index (χ3n) is 2.00. The fourth-order valence-electron chi connectivity index (χ4n) is 1.21. The molecule has 2 aromatic heterocycles. The molecule has 0 bridgehead atoms. The van der Waals surface area contributed by atoms with E-state index in [-0.39, 0.29) is 5.97 Å². The number of carbonyl (C=O) groups excluding carboxylic acids is 1. The van der Waals surface area contributed by atoms with Crippen molar-refractivity contribution in [3.63, 3.8) is 0 Å². The third kappa shape index (κ3) is 2.27. The van der Waals surface area contributed by atoms with Crippen LogP contribution in [0.1, 0.15) is 21.0 Å². The molecule has 15 heavy (non-hydrogen) atoms. The number of aryl methyl sites for hydroxylation is 1. The second kappa shape index (κ2) is 4.31. The lowest BCUT2D eigenvalue weighted by atomic mass is 10.3. The van der Waals surface area contributed by atoms with Crippen LogP contribution in [0.3, 0.4) is 0 Å². The van der Waals surface area contributed by atoms with E-state index in [1.165, 1.54) is 6.26 Å². The summed E-state index contributed by atoms with van der Waals surface area (Å²) in [6, 6.07) is 5.48. The lowest BCUT2D eigenvalue weighted by Crippen LogP contribution is -2.04. The molecule has 0 aromatic carbocycles. The Kier molecular flexibility index (Phi) is 2.87. The van der Waals surface area contributed by atoms with Crippen molar-refractivity contribution in [2.45, 2.75) is 13.5 Å². The Morgan fingerprint density at radius 2 is 2.40 bits per heavy atom. The van der Waals surface area contributed by atoms with E-state index in [1.54, 1.807) is 24.3 Å². The molecule has 0 N–H and O–H groups in total. The van der Waals surface area contributed by atoms with Crippen molar-refractivity contribution in [3.8, 4) is 0 Å². The zero-order valence-corrected chi connectivity index (χ0v) is 9.04. The van der Waals surface area contributed by atoms with Crippen molar-refractivity contribution in [3.05, 3.63) is 46.0 Å². The molecule has 78 valence electrons. The van der Waals surface area contributed by atoms with Crippen LogP contribution in [-0.2, 0) is 11.3 Å². The highest BCUT2D eigenvalue weighted by atomic mass is 32.1. The van der Waals surface area contributed by atoms with Gasteiger partial charge in [-0.1, -0.05) is 6.07 Å². The fourth-order valence-corrected chi connectivity index (χ4v) is 1.82. The topological polar surface area (TPSA) is 39.4 Å². The summed E-state index contributed by atoms with van der Waals surface area (Å²) in [6.45, 7) is 2.06. The average Bonchev–Trinajstić information content (AvgIpc) is 2.84. The largest absolute Gasteiger partial charge is 0.469 e. The smallest absolute Gasteiger partial charge is 0.342 e. The van der Waals surface area contributed by atoms with E-state index in [9.17, 15) is 4.79 Å². The SMILES string of the molecule is Cc1occc1C(=O)OCc1cccs1. The summed E-state index contributed by atoms with van der Waals surface area (Å²) < 4.78 is 10.1. The molecule has 2 rings (SSSR count). The summed E-state index contributed by atoms with van der Waals surface area (Å²) in [7, 11) is 0. The van der Waals surface area contributed by atoms with Crippen LogP contribution in [0.25, 0.3) is 0 Å². The predicted molar refractivity (Wildman–Crippen MR) is 56.9 cm³/mol. The molecule has 3 nitrogen and oxygen atoms in total. The van der Waals surface area contributed by atoms with Crippen LogP contribution < -0.4 is 0 Å². The van der Waals surface area contributed by atoms with Gasteiger partial charge in [-0.3, -0.25) is 0 Å². The summed E-state index contributed by atoms with van der Waals surface area (Å²) >= 11 is 1.57. The zero-order valence-electron chi connectivity index (χ0n) is 8.23. The van der Waals surface area contributed by atoms with E-state index >= 15 is 0 Å². The fraction of sp³-hybridized carbons (Fsp3) is 0.182. The lowest BCUT2D eigenvalue weighted by Gasteiger charge is -2.01. The van der Waals surface area contributed by atoms with Crippen molar-refractivity contribution in [2.75, 3.05) is 0 Å². The minimum absolute atomic E-state index is 0.321. The second-order valence-electron chi connectivity index (χ2n) is 3.05. The first kappa shape index (κ1) is 9.98. The molecule has 0 radical (unpaired) electrons. The standard InChI is InChI=1S/C11H10O3S/c1-8-10(4-5-13-8)11(12)14-7-9-3-2-6-15-9/h2-6H,7H2,1H3. The van der Waals surface area contributed by atoms with Crippen molar-refractivity contribution in [2.24, 2.45) is 0 Å². The first-order chi connectivity index (χ1) is 7.27. The molecule has 0 aliphatic carbocycles. The molecule has 2 aromatic rings. The van der Waals surface area contributed by atoms with E-state index in [4.69, 9.17) is 9.15 Å². The van der Waals surface area contributed by atoms with Crippen molar-refractivity contribution >= 4 is 17.3 Å². The Hall–Kier alpha value is -1.55. The van der Waals surface area contributed by atoms with Crippen LogP contribution in [0.2, 0.25) is 0 Å². The quantitative estimate of drug-likeness (QED) is 0.749. The highest BCUT2D eigenvalue weighted by Crippen LogP contribution is 2.14. The van der Waals surface area contributed by atoms with Gasteiger partial charge in [-0.25, -0.2) is 4.79 Å². The van der Waals surface area contributed by atoms with Gasteiger partial charge in [0.1, 0.15) is 17.9 Å². The maximum Gasteiger partial charge on any atom is 0.342 e. The summed E-state index contributed by atoms with van der Waals surface area (Å²) in [5, 5.41) is 1.95. The number of esters is 1. The normalized spacial score (nSPS) is 10.2. The monoisotopic (exact) mass is 222 g/mol. The molecule has 0 saturated carbocycles. The van der Waals surface area contributed by atoms with Gasteiger partial charge in [0.15, 0.2) is 0 Å². The summed E-state index contributed by atoms with van der Waals surface area (Å²) in [5.41, 5.74) is 0.492. The van der Waals surface area contributed by atoms with Gasteiger partial charge in [-0.05, 0) is 24.4 Å². The molecule has 0 unspecified atom stereocenters. The van der Waals surface area contributed by atoms with Crippen LogP contribution in [-0.4, -0.2) is 5.97 Å².